The van der Waals surface area contributed by atoms with Crippen LogP contribution >= 0.6 is 0 Å². The van der Waals surface area contributed by atoms with Crippen LogP contribution in [0.25, 0.3) is 0 Å². The highest BCUT2D eigenvalue weighted by atomic mass is 16.5. The first kappa shape index (κ1) is 27.3. The lowest BCUT2D eigenvalue weighted by molar-refractivity contribution is 0.0547. The molecule has 0 aliphatic carbocycles. The van der Waals surface area contributed by atoms with Crippen molar-refractivity contribution in [2.45, 2.75) is 32.9 Å². The number of nitrogens with zero attached hydrogens (tertiary/aromatic N) is 4. The van der Waals surface area contributed by atoms with Crippen molar-refractivity contribution >= 4 is 17.8 Å². The minimum Gasteiger partial charge on any atom is -0.378 e. The lowest BCUT2D eigenvalue weighted by atomic mass is 10.2. The lowest BCUT2D eigenvalue weighted by Gasteiger charge is -2.23. The van der Waals surface area contributed by atoms with E-state index < -0.39 is 0 Å². The Morgan fingerprint density at radius 2 is 1.42 bits per heavy atom. The largest absolute Gasteiger partial charge is 0.378 e. The van der Waals surface area contributed by atoms with Crippen LogP contribution in [-0.4, -0.2) is 61.0 Å². The summed E-state index contributed by atoms with van der Waals surface area (Å²) >= 11 is 0. The number of benzene rings is 2. The molecule has 0 fully saturated rings. The highest BCUT2D eigenvalue weighted by molar-refractivity contribution is 5.44. The van der Waals surface area contributed by atoms with E-state index in [4.69, 9.17) is 25.2 Å². The van der Waals surface area contributed by atoms with Gasteiger partial charge >= 0.3 is 0 Å². The van der Waals surface area contributed by atoms with E-state index in [2.05, 4.69) is 63.8 Å². The quantitative estimate of drug-likeness (QED) is 0.228. The first-order chi connectivity index (χ1) is 17.8. The fourth-order valence-electron chi connectivity index (χ4n) is 3.48. The van der Waals surface area contributed by atoms with Crippen molar-refractivity contribution in [2.75, 3.05) is 61.6 Å². The van der Waals surface area contributed by atoms with Crippen molar-refractivity contribution in [3.05, 3.63) is 71.8 Å². The zero-order valence-electron chi connectivity index (χ0n) is 21.2. The average molecular weight is 494 g/mol. The Kier molecular flexibility index (Phi) is 12.5. The van der Waals surface area contributed by atoms with Gasteiger partial charge in [-0.3, -0.25) is 0 Å². The maximum Gasteiger partial charge on any atom is 0.232 e. The Balaban J connectivity index is 1.70. The second-order valence-electron chi connectivity index (χ2n) is 8.32. The Hall–Kier alpha value is -3.27. The number of nitrogens with two attached hydrogens (primary N) is 1. The Labute approximate surface area is 214 Å². The van der Waals surface area contributed by atoms with Crippen molar-refractivity contribution in [1.29, 1.82) is 0 Å². The molecule has 0 radical (unpaired) electrons. The first-order valence-electron chi connectivity index (χ1n) is 12.7. The van der Waals surface area contributed by atoms with Gasteiger partial charge in [-0.05, 0) is 17.5 Å². The number of rotatable bonds is 18. The molecule has 0 bridgehead atoms. The lowest BCUT2D eigenvalue weighted by Crippen LogP contribution is -2.27. The summed E-state index contributed by atoms with van der Waals surface area (Å²) in [6.07, 6.45) is 2.14. The third kappa shape index (κ3) is 10.2. The van der Waals surface area contributed by atoms with Crippen molar-refractivity contribution in [2.24, 2.45) is 5.73 Å². The van der Waals surface area contributed by atoms with Gasteiger partial charge in [0.15, 0.2) is 0 Å². The second kappa shape index (κ2) is 16.4. The molecular weight excluding hydrogens is 454 g/mol. The maximum absolute atomic E-state index is 5.62. The number of aromatic nitrogens is 3. The molecule has 194 valence electrons. The number of nitrogens with one attached hydrogen (secondary N) is 2. The fraction of sp³-hybridized carbons (Fsp3) is 0.444. The van der Waals surface area contributed by atoms with Crippen LogP contribution in [0.3, 0.4) is 0 Å². The third-order valence-corrected chi connectivity index (χ3v) is 5.36. The topological polar surface area (TPSA) is 110 Å². The standard InChI is InChI=1S/C27H39N7O2/c1-2-3-16-34(22-24-12-8-5-9-13-24)27-32-25(29-15-18-36-20-19-35-17-14-28)31-26(33-27)30-21-23-10-6-4-7-11-23/h4-13H,2-3,14-22,28H2,1H3,(H2,29,30,31,32,33). The molecular formula is C27H39N7O2. The summed E-state index contributed by atoms with van der Waals surface area (Å²) in [5, 5.41) is 6.65. The number of anilines is 3. The highest BCUT2D eigenvalue weighted by Crippen LogP contribution is 2.18. The van der Waals surface area contributed by atoms with Crippen LogP contribution < -0.4 is 21.3 Å². The summed E-state index contributed by atoms with van der Waals surface area (Å²) < 4.78 is 11.0. The molecule has 9 heteroatoms. The molecule has 3 rings (SSSR count). The van der Waals surface area contributed by atoms with Gasteiger partial charge in [-0.1, -0.05) is 74.0 Å². The first-order valence-corrected chi connectivity index (χ1v) is 12.7. The normalized spacial score (nSPS) is 10.8. The van der Waals surface area contributed by atoms with Crippen LogP contribution in [0.1, 0.15) is 30.9 Å². The van der Waals surface area contributed by atoms with E-state index in [0.717, 1.165) is 31.5 Å². The summed E-state index contributed by atoms with van der Waals surface area (Å²) in [4.78, 5) is 16.4. The van der Waals surface area contributed by atoms with E-state index in [-0.39, 0.29) is 0 Å². The Bertz CT molecular complexity index is 976. The van der Waals surface area contributed by atoms with Gasteiger partial charge in [0, 0.05) is 32.7 Å². The van der Waals surface area contributed by atoms with Crippen LogP contribution in [0.2, 0.25) is 0 Å². The van der Waals surface area contributed by atoms with Gasteiger partial charge in [0.2, 0.25) is 17.8 Å². The van der Waals surface area contributed by atoms with Crippen molar-refractivity contribution in [3.8, 4) is 0 Å². The monoisotopic (exact) mass is 493 g/mol. The average Bonchev–Trinajstić information content (AvgIpc) is 2.92. The predicted octanol–water partition coefficient (Wildman–Crippen LogP) is 3.69. The molecule has 1 heterocycles. The smallest absolute Gasteiger partial charge is 0.232 e. The summed E-state index contributed by atoms with van der Waals surface area (Å²) in [5.41, 5.74) is 7.80. The molecule has 3 aromatic rings. The molecule has 2 aromatic carbocycles. The third-order valence-electron chi connectivity index (χ3n) is 5.36. The van der Waals surface area contributed by atoms with Crippen LogP contribution in [0, 0.1) is 0 Å². The van der Waals surface area contributed by atoms with Crippen LogP contribution in [0.5, 0.6) is 0 Å². The number of hydrogen-bond acceptors (Lipinski definition) is 9. The molecule has 0 saturated heterocycles. The minimum atomic E-state index is 0.517. The number of ether oxygens (including phenoxy) is 2. The van der Waals surface area contributed by atoms with Gasteiger partial charge in [0.1, 0.15) is 0 Å². The van der Waals surface area contributed by atoms with E-state index >= 15 is 0 Å². The van der Waals surface area contributed by atoms with Gasteiger partial charge in [0.05, 0.1) is 26.4 Å². The van der Waals surface area contributed by atoms with Crippen molar-refractivity contribution < 1.29 is 9.47 Å². The molecule has 36 heavy (non-hydrogen) atoms. The molecule has 0 aliphatic heterocycles. The van der Waals surface area contributed by atoms with Gasteiger partial charge in [-0.2, -0.15) is 15.0 Å². The summed E-state index contributed by atoms with van der Waals surface area (Å²) in [5.74, 6) is 1.71. The molecule has 1 aromatic heterocycles. The number of hydrogen-bond donors (Lipinski definition) is 3. The molecule has 0 amide bonds. The Morgan fingerprint density at radius 1 is 0.778 bits per heavy atom. The molecule has 0 atom stereocenters. The summed E-state index contributed by atoms with van der Waals surface area (Å²) in [7, 11) is 0. The van der Waals surface area contributed by atoms with Gasteiger partial charge in [0.25, 0.3) is 0 Å². The Morgan fingerprint density at radius 3 is 2.08 bits per heavy atom. The summed E-state index contributed by atoms with van der Waals surface area (Å²) in [6.45, 7) is 7.62. The fourth-order valence-corrected chi connectivity index (χ4v) is 3.48. The minimum absolute atomic E-state index is 0.517. The molecule has 4 N–H and O–H groups in total. The van der Waals surface area contributed by atoms with E-state index in [1.165, 1.54) is 5.56 Å². The molecule has 0 unspecified atom stereocenters. The molecule has 0 aliphatic rings. The number of unbranched alkanes of at least 4 members (excludes halogenated alkanes) is 1. The van der Waals surface area contributed by atoms with E-state index in [0.29, 0.717) is 63.9 Å². The molecule has 0 saturated carbocycles. The second-order valence-corrected chi connectivity index (χ2v) is 8.32. The maximum atomic E-state index is 5.62. The van der Waals surface area contributed by atoms with E-state index in [1.54, 1.807) is 0 Å². The van der Waals surface area contributed by atoms with Crippen molar-refractivity contribution in [3.63, 3.8) is 0 Å². The van der Waals surface area contributed by atoms with Crippen LogP contribution in [0.4, 0.5) is 17.8 Å². The van der Waals surface area contributed by atoms with Gasteiger partial charge < -0.3 is 30.7 Å². The SMILES string of the molecule is CCCCN(Cc1ccccc1)c1nc(NCCOCCOCCN)nc(NCc2ccccc2)n1. The van der Waals surface area contributed by atoms with Crippen LogP contribution in [-0.2, 0) is 22.6 Å². The van der Waals surface area contributed by atoms with E-state index in [1.807, 2.05) is 24.3 Å². The molecule has 0 spiro atoms. The zero-order valence-corrected chi connectivity index (χ0v) is 21.2. The highest BCUT2D eigenvalue weighted by Gasteiger charge is 2.14. The predicted molar refractivity (Wildman–Crippen MR) is 145 cm³/mol. The van der Waals surface area contributed by atoms with Crippen LogP contribution in [0.15, 0.2) is 60.7 Å². The van der Waals surface area contributed by atoms with Gasteiger partial charge in [-0.15, -0.1) is 0 Å². The van der Waals surface area contributed by atoms with Crippen molar-refractivity contribution in [1.82, 2.24) is 15.0 Å². The zero-order chi connectivity index (χ0) is 25.3. The molecule has 9 nitrogen and oxygen atoms in total. The van der Waals surface area contributed by atoms with E-state index in [9.17, 15) is 0 Å². The van der Waals surface area contributed by atoms with Gasteiger partial charge in [-0.25, -0.2) is 0 Å². The summed E-state index contributed by atoms with van der Waals surface area (Å²) in [6, 6.07) is 20.6.